The Labute approximate surface area is 131 Å². The number of likely N-dealkylation sites (tertiary alicyclic amines) is 1. The van der Waals surface area contributed by atoms with E-state index in [4.69, 9.17) is 11.5 Å². The third-order valence-electron chi connectivity index (χ3n) is 3.84. The van der Waals surface area contributed by atoms with Crippen LogP contribution in [0.3, 0.4) is 0 Å². The number of amides is 2. The molecule has 6 heteroatoms. The molecule has 1 fully saturated rings. The minimum Gasteiger partial charge on any atom is -0.369 e. The van der Waals surface area contributed by atoms with Gasteiger partial charge in [0, 0.05) is 13.1 Å². The highest BCUT2D eigenvalue weighted by molar-refractivity contribution is 5.85. The Balaban J connectivity index is 0.00000220. The third kappa shape index (κ3) is 4.19. The molecule has 1 aliphatic rings. The molecule has 1 aromatic carbocycles. The van der Waals surface area contributed by atoms with Crippen LogP contribution in [-0.4, -0.2) is 29.8 Å². The standard InChI is InChI=1S/C15H21N3O2.ClH/c1-10-4-6-11(7-5-10)13(16)15(20)18-8-2-3-12(9-18)14(17)19;/h4-7,12-13H,2-3,8-9,16H2,1H3,(H2,17,19);1H. The van der Waals surface area contributed by atoms with Crippen LogP contribution in [0.4, 0.5) is 0 Å². The van der Waals surface area contributed by atoms with Gasteiger partial charge in [0.1, 0.15) is 6.04 Å². The molecule has 0 aliphatic carbocycles. The molecule has 2 unspecified atom stereocenters. The van der Waals surface area contributed by atoms with Gasteiger partial charge in [0.25, 0.3) is 0 Å². The lowest BCUT2D eigenvalue weighted by atomic mass is 9.96. The number of nitrogens with zero attached hydrogens (tertiary/aromatic N) is 1. The highest BCUT2D eigenvalue weighted by Crippen LogP contribution is 2.20. The summed E-state index contributed by atoms with van der Waals surface area (Å²) in [5, 5.41) is 0. The number of hydrogen-bond acceptors (Lipinski definition) is 3. The average Bonchev–Trinajstić information content (AvgIpc) is 2.46. The van der Waals surface area contributed by atoms with Gasteiger partial charge >= 0.3 is 0 Å². The van der Waals surface area contributed by atoms with E-state index in [1.54, 1.807) is 4.90 Å². The van der Waals surface area contributed by atoms with Crippen molar-refractivity contribution in [3.8, 4) is 0 Å². The van der Waals surface area contributed by atoms with Crippen molar-refractivity contribution in [1.29, 1.82) is 0 Å². The Morgan fingerprint density at radius 2 is 1.90 bits per heavy atom. The third-order valence-corrected chi connectivity index (χ3v) is 3.84. The second kappa shape index (κ2) is 7.43. The minimum atomic E-state index is -0.678. The zero-order valence-corrected chi connectivity index (χ0v) is 12.9. The number of carbonyl (C=O) groups excluding carboxylic acids is 2. The predicted molar refractivity (Wildman–Crippen MR) is 83.9 cm³/mol. The molecule has 1 aromatic rings. The van der Waals surface area contributed by atoms with Crippen molar-refractivity contribution in [2.75, 3.05) is 13.1 Å². The summed E-state index contributed by atoms with van der Waals surface area (Å²) in [5.41, 5.74) is 13.3. The molecule has 2 amide bonds. The summed E-state index contributed by atoms with van der Waals surface area (Å²) in [7, 11) is 0. The Kier molecular flexibility index (Phi) is 6.18. The van der Waals surface area contributed by atoms with Crippen molar-refractivity contribution >= 4 is 24.2 Å². The largest absolute Gasteiger partial charge is 0.369 e. The molecule has 0 spiro atoms. The van der Waals surface area contributed by atoms with Crippen molar-refractivity contribution in [2.45, 2.75) is 25.8 Å². The fourth-order valence-electron chi connectivity index (χ4n) is 2.52. The summed E-state index contributed by atoms with van der Waals surface area (Å²) < 4.78 is 0. The van der Waals surface area contributed by atoms with Gasteiger partial charge in [-0.15, -0.1) is 12.4 Å². The summed E-state index contributed by atoms with van der Waals surface area (Å²) in [5.74, 6) is -0.732. The maximum absolute atomic E-state index is 12.4. The summed E-state index contributed by atoms with van der Waals surface area (Å²) in [4.78, 5) is 25.3. The summed E-state index contributed by atoms with van der Waals surface area (Å²) in [6, 6.07) is 6.93. The van der Waals surface area contributed by atoms with E-state index in [0.717, 1.165) is 24.0 Å². The fourth-order valence-corrected chi connectivity index (χ4v) is 2.52. The first-order chi connectivity index (χ1) is 9.49. The van der Waals surface area contributed by atoms with Crippen LogP contribution in [0.5, 0.6) is 0 Å². The van der Waals surface area contributed by atoms with Crippen molar-refractivity contribution in [3.63, 3.8) is 0 Å². The van der Waals surface area contributed by atoms with Crippen LogP contribution >= 0.6 is 12.4 Å². The highest BCUT2D eigenvalue weighted by atomic mass is 35.5. The molecule has 1 heterocycles. The number of hydrogen-bond donors (Lipinski definition) is 2. The monoisotopic (exact) mass is 311 g/mol. The van der Waals surface area contributed by atoms with E-state index in [-0.39, 0.29) is 30.1 Å². The van der Waals surface area contributed by atoms with Crippen LogP contribution in [0.2, 0.25) is 0 Å². The highest BCUT2D eigenvalue weighted by Gasteiger charge is 2.29. The molecular weight excluding hydrogens is 290 g/mol. The van der Waals surface area contributed by atoms with Gasteiger partial charge in [0.05, 0.1) is 5.92 Å². The van der Waals surface area contributed by atoms with E-state index in [2.05, 4.69) is 0 Å². The van der Waals surface area contributed by atoms with E-state index < -0.39 is 6.04 Å². The first kappa shape index (κ1) is 17.5. The molecule has 0 radical (unpaired) electrons. The predicted octanol–water partition coefficient (Wildman–Crippen LogP) is 1.14. The number of benzene rings is 1. The first-order valence-electron chi connectivity index (χ1n) is 6.89. The van der Waals surface area contributed by atoms with Gasteiger partial charge in [-0.25, -0.2) is 0 Å². The van der Waals surface area contributed by atoms with Crippen molar-refractivity contribution in [1.82, 2.24) is 4.90 Å². The van der Waals surface area contributed by atoms with Crippen LogP contribution in [0.15, 0.2) is 24.3 Å². The number of piperidine rings is 1. The zero-order valence-electron chi connectivity index (χ0n) is 12.1. The summed E-state index contributed by atoms with van der Waals surface area (Å²) in [6.07, 6.45) is 1.54. The van der Waals surface area contributed by atoms with E-state index >= 15 is 0 Å². The quantitative estimate of drug-likeness (QED) is 0.877. The number of halogens is 1. The summed E-state index contributed by atoms with van der Waals surface area (Å²) >= 11 is 0. The lowest BCUT2D eigenvalue weighted by Gasteiger charge is -2.33. The molecule has 5 nitrogen and oxygen atoms in total. The van der Waals surface area contributed by atoms with Crippen molar-refractivity contribution in [2.24, 2.45) is 17.4 Å². The van der Waals surface area contributed by atoms with Crippen molar-refractivity contribution in [3.05, 3.63) is 35.4 Å². The molecule has 0 saturated carbocycles. The molecule has 116 valence electrons. The van der Waals surface area contributed by atoms with E-state index in [1.165, 1.54) is 0 Å². The number of rotatable bonds is 3. The lowest BCUT2D eigenvalue weighted by molar-refractivity contribution is -0.136. The van der Waals surface area contributed by atoms with Crippen LogP contribution in [-0.2, 0) is 9.59 Å². The molecular formula is C15H22ClN3O2. The van der Waals surface area contributed by atoms with Gasteiger partial charge in [-0.2, -0.15) is 0 Å². The number of aryl methyl sites for hydroxylation is 1. The van der Waals surface area contributed by atoms with E-state index in [0.29, 0.717) is 13.1 Å². The SMILES string of the molecule is Cc1ccc(C(N)C(=O)N2CCCC(C(N)=O)C2)cc1.Cl. The molecule has 0 bridgehead atoms. The topological polar surface area (TPSA) is 89.4 Å². The van der Waals surface area contributed by atoms with Gasteiger partial charge < -0.3 is 16.4 Å². The molecule has 0 aromatic heterocycles. The zero-order chi connectivity index (χ0) is 14.7. The molecule has 2 atom stereocenters. The Hall–Kier alpha value is -1.59. The van der Waals surface area contributed by atoms with E-state index in [1.807, 2.05) is 31.2 Å². The smallest absolute Gasteiger partial charge is 0.244 e. The molecule has 1 aliphatic heterocycles. The number of carbonyl (C=O) groups is 2. The second-order valence-electron chi connectivity index (χ2n) is 5.41. The second-order valence-corrected chi connectivity index (χ2v) is 5.41. The van der Waals surface area contributed by atoms with Crippen molar-refractivity contribution < 1.29 is 9.59 Å². The lowest BCUT2D eigenvalue weighted by Crippen LogP contribution is -2.47. The summed E-state index contributed by atoms with van der Waals surface area (Å²) in [6.45, 7) is 3.01. The molecule has 4 N–H and O–H groups in total. The van der Waals surface area contributed by atoms with E-state index in [9.17, 15) is 9.59 Å². The Morgan fingerprint density at radius 3 is 2.48 bits per heavy atom. The minimum absolute atomic E-state index is 0. The fraction of sp³-hybridized carbons (Fsp3) is 0.467. The molecule has 2 rings (SSSR count). The first-order valence-corrected chi connectivity index (χ1v) is 6.89. The Morgan fingerprint density at radius 1 is 1.29 bits per heavy atom. The number of nitrogens with two attached hydrogens (primary N) is 2. The Bertz CT molecular complexity index is 504. The maximum Gasteiger partial charge on any atom is 0.244 e. The molecule has 1 saturated heterocycles. The van der Waals surface area contributed by atoms with Crippen LogP contribution < -0.4 is 11.5 Å². The van der Waals surface area contributed by atoms with Gasteiger partial charge in [0.2, 0.25) is 11.8 Å². The van der Waals surface area contributed by atoms with Gasteiger partial charge in [0.15, 0.2) is 0 Å². The van der Waals surface area contributed by atoms with Gasteiger partial charge in [-0.3, -0.25) is 9.59 Å². The molecule has 21 heavy (non-hydrogen) atoms. The van der Waals surface area contributed by atoms with Gasteiger partial charge in [-0.1, -0.05) is 29.8 Å². The van der Waals surface area contributed by atoms with Crippen LogP contribution in [0.1, 0.15) is 30.0 Å². The average molecular weight is 312 g/mol. The van der Waals surface area contributed by atoms with Crippen LogP contribution in [0.25, 0.3) is 0 Å². The van der Waals surface area contributed by atoms with Gasteiger partial charge in [-0.05, 0) is 25.3 Å². The van der Waals surface area contributed by atoms with Crippen LogP contribution in [0, 0.1) is 12.8 Å². The maximum atomic E-state index is 12.4. The number of primary amides is 1. The normalized spacial score (nSPS) is 19.5.